The summed E-state index contributed by atoms with van der Waals surface area (Å²) in [6.45, 7) is 7.80. The van der Waals surface area contributed by atoms with E-state index in [9.17, 15) is 0 Å². The molecule has 3 aromatic rings. The molecule has 0 saturated carbocycles. The third-order valence-corrected chi connectivity index (χ3v) is 5.48. The van der Waals surface area contributed by atoms with Crippen molar-refractivity contribution in [1.82, 2.24) is 29.4 Å². The van der Waals surface area contributed by atoms with E-state index in [4.69, 9.17) is 5.73 Å². The van der Waals surface area contributed by atoms with Crippen molar-refractivity contribution < 1.29 is 0 Å². The second-order valence-electron chi connectivity index (χ2n) is 8.31. The van der Waals surface area contributed by atoms with Crippen LogP contribution in [0.5, 0.6) is 0 Å². The molecule has 1 saturated heterocycles. The number of nitrogens with zero attached hydrogens (tertiary/aromatic N) is 6. The molecule has 1 fully saturated rings. The Bertz CT molecular complexity index is 883. The number of imidazole rings is 1. The Morgan fingerprint density at radius 3 is 2.54 bits per heavy atom. The molecule has 0 atom stereocenters. The van der Waals surface area contributed by atoms with Crippen LogP contribution < -0.4 is 5.73 Å². The first-order valence-corrected chi connectivity index (χ1v) is 9.95. The van der Waals surface area contributed by atoms with Gasteiger partial charge in [-0.15, -0.1) is 5.10 Å². The van der Waals surface area contributed by atoms with Crippen LogP contribution in [0, 0.1) is 0 Å². The standard InChI is InChI=1S/C21H29N7/c1-21(2,22)20-15-28(25-24-20)18-8-10-26(11-9-18)14-19-12-23-16-27(19)13-17-6-4-3-5-7-17/h3-7,12,15-16,18H,8-11,13-14,22H2,1-2H3. The minimum atomic E-state index is -0.448. The largest absolute Gasteiger partial charge is 0.329 e. The van der Waals surface area contributed by atoms with Gasteiger partial charge in [-0.3, -0.25) is 4.90 Å². The van der Waals surface area contributed by atoms with Crippen LogP contribution in [0.2, 0.25) is 0 Å². The van der Waals surface area contributed by atoms with Crippen LogP contribution in [0.25, 0.3) is 0 Å². The zero-order valence-electron chi connectivity index (χ0n) is 16.7. The van der Waals surface area contributed by atoms with E-state index in [1.807, 2.05) is 37.3 Å². The molecule has 0 spiro atoms. The van der Waals surface area contributed by atoms with E-state index in [2.05, 4.69) is 55.1 Å². The van der Waals surface area contributed by atoms with Gasteiger partial charge in [0.25, 0.3) is 0 Å². The number of benzene rings is 1. The summed E-state index contributed by atoms with van der Waals surface area (Å²) in [5.74, 6) is 0. The fourth-order valence-electron chi connectivity index (χ4n) is 3.72. The highest BCUT2D eigenvalue weighted by atomic mass is 15.4. The van der Waals surface area contributed by atoms with Gasteiger partial charge in [-0.2, -0.15) is 0 Å². The molecular formula is C21H29N7. The molecule has 2 aromatic heterocycles. The van der Waals surface area contributed by atoms with Gasteiger partial charge >= 0.3 is 0 Å². The maximum absolute atomic E-state index is 6.13. The maximum atomic E-state index is 6.13. The van der Waals surface area contributed by atoms with Gasteiger partial charge in [0.15, 0.2) is 0 Å². The van der Waals surface area contributed by atoms with Crippen molar-refractivity contribution in [2.24, 2.45) is 5.73 Å². The van der Waals surface area contributed by atoms with Crippen molar-refractivity contribution in [1.29, 1.82) is 0 Å². The molecule has 3 heterocycles. The second-order valence-corrected chi connectivity index (χ2v) is 8.31. The van der Waals surface area contributed by atoms with Gasteiger partial charge in [0.2, 0.25) is 0 Å². The Morgan fingerprint density at radius 2 is 1.86 bits per heavy atom. The third-order valence-electron chi connectivity index (χ3n) is 5.48. The van der Waals surface area contributed by atoms with E-state index in [1.54, 1.807) is 0 Å². The summed E-state index contributed by atoms with van der Waals surface area (Å²) in [4.78, 5) is 6.87. The van der Waals surface area contributed by atoms with Gasteiger partial charge in [0, 0.05) is 32.4 Å². The van der Waals surface area contributed by atoms with Crippen LogP contribution in [0.15, 0.2) is 49.1 Å². The number of likely N-dealkylation sites (tertiary alicyclic amines) is 1. The van der Waals surface area contributed by atoms with E-state index < -0.39 is 5.54 Å². The highest BCUT2D eigenvalue weighted by molar-refractivity contribution is 5.16. The summed E-state index contributed by atoms with van der Waals surface area (Å²) >= 11 is 0. The van der Waals surface area contributed by atoms with E-state index in [1.165, 1.54) is 11.3 Å². The van der Waals surface area contributed by atoms with Crippen LogP contribution in [-0.2, 0) is 18.6 Å². The quantitative estimate of drug-likeness (QED) is 0.712. The van der Waals surface area contributed by atoms with E-state index in [0.29, 0.717) is 6.04 Å². The van der Waals surface area contributed by atoms with Crippen LogP contribution in [0.1, 0.15) is 49.7 Å². The Hall–Kier alpha value is -2.51. The third kappa shape index (κ3) is 4.31. The molecule has 0 amide bonds. The van der Waals surface area contributed by atoms with Gasteiger partial charge < -0.3 is 10.3 Å². The molecule has 0 radical (unpaired) electrons. The van der Waals surface area contributed by atoms with Crippen LogP contribution in [-0.4, -0.2) is 42.5 Å². The van der Waals surface area contributed by atoms with Crippen LogP contribution >= 0.6 is 0 Å². The van der Waals surface area contributed by atoms with E-state index >= 15 is 0 Å². The first-order chi connectivity index (χ1) is 13.5. The minimum Gasteiger partial charge on any atom is -0.329 e. The highest BCUT2D eigenvalue weighted by Crippen LogP contribution is 2.24. The molecular weight excluding hydrogens is 350 g/mol. The summed E-state index contributed by atoms with van der Waals surface area (Å²) in [5.41, 5.74) is 9.09. The average Bonchev–Trinajstić information content (AvgIpc) is 3.33. The first-order valence-electron chi connectivity index (χ1n) is 9.95. The van der Waals surface area contributed by atoms with Crippen molar-refractivity contribution in [3.05, 3.63) is 66.0 Å². The lowest BCUT2D eigenvalue weighted by Gasteiger charge is -2.31. The first kappa shape index (κ1) is 18.8. The molecule has 1 aliphatic rings. The van der Waals surface area contributed by atoms with Crippen LogP contribution in [0.4, 0.5) is 0 Å². The molecule has 0 aliphatic carbocycles. The molecule has 7 nitrogen and oxygen atoms in total. The van der Waals surface area contributed by atoms with Crippen molar-refractivity contribution in [3.63, 3.8) is 0 Å². The van der Waals surface area contributed by atoms with E-state index in [-0.39, 0.29) is 0 Å². The topological polar surface area (TPSA) is 77.8 Å². The van der Waals surface area contributed by atoms with Gasteiger partial charge in [-0.05, 0) is 32.3 Å². The van der Waals surface area contributed by atoms with Gasteiger partial charge in [0.1, 0.15) is 5.69 Å². The fraction of sp³-hybridized carbons (Fsp3) is 0.476. The molecule has 0 unspecified atom stereocenters. The molecule has 0 bridgehead atoms. The Balaban J connectivity index is 1.34. The van der Waals surface area contributed by atoms with Crippen molar-refractivity contribution in [2.45, 2.75) is 51.4 Å². The zero-order valence-corrected chi connectivity index (χ0v) is 16.7. The smallest absolute Gasteiger partial charge is 0.102 e. The molecule has 4 rings (SSSR count). The Kier molecular flexibility index (Phi) is 5.28. The number of rotatable bonds is 6. The normalized spacial score (nSPS) is 16.5. The summed E-state index contributed by atoms with van der Waals surface area (Å²) in [6, 6.07) is 10.9. The molecule has 7 heteroatoms. The molecule has 148 valence electrons. The average molecular weight is 380 g/mol. The number of hydrogen-bond donors (Lipinski definition) is 1. The lowest BCUT2D eigenvalue weighted by atomic mass is 10.0. The number of nitrogens with two attached hydrogens (primary N) is 1. The molecule has 1 aromatic carbocycles. The summed E-state index contributed by atoms with van der Waals surface area (Å²) in [5, 5.41) is 8.58. The zero-order chi connectivity index (χ0) is 19.6. The van der Waals surface area contributed by atoms with Gasteiger partial charge in [0.05, 0.1) is 29.8 Å². The Labute approximate surface area is 166 Å². The number of aromatic nitrogens is 5. The predicted molar refractivity (Wildman–Crippen MR) is 109 cm³/mol. The molecule has 1 aliphatic heterocycles. The van der Waals surface area contributed by atoms with Crippen molar-refractivity contribution >= 4 is 0 Å². The summed E-state index contributed by atoms with van der Waals surface area (Å²) in [7, 11) is 0. The van der Waals surface area contributed by atoms with Crippen molar-refractivity contribution in [3.8, 4) is 0 Å². The molecule has 28 heavy (non-hydrogen) atoms. The lowest BCUT2D eigenvalue weighted by molar-refractivity contribution is 0.169. The van der Waals surface area contributed by atoms with Gasteiger partial charge in [-0.1, -0.05) is 35.5 Å². The second kappa shape index (κ2) is 7.85. The van der Waals surface area contributed by atoms with Gasteiger partial charge in [-0.25, -0.2) is 9.67 Å². The summed E-state index contributed by atoms with van der Waals surface area (Å²) in [6.07, 6.45) is 8.07. The highest BCUT2D eigenvalue weighted by Gasteiger charge is 2.25. The predicted octanol–water partition coefficient (Wildman–Crippen LogP) is 2.55. The maximum Gasteiger partial charge on any atom is 0.102 e. The van der Waals surface area contributed by atoms with Crippen molar-refractivity contribution in [2.75, 3.05) is 13.1 Å². The lowest BCUT2D eigenvalue weighted by Crippen LogP contribution is -2.35. The monoisotopic (exact) mass is 379 g/mol. The number of piperidine rings is 1. The van der Waals surface area contributed by atoms with Crippen LogP contribution in [0.3, 0.4) is 0 Å². The summed E-state index contributed by atoms with van der Waals surface area (Å²) < 4.78 is 4.25. The Morgan fingerprint density at radius 1 is 1.11 bits per heavy atom. The number of hydrogen-bond acceptors (Lipinski definition) is 5. The minimum absolute atomic E-state index is 0.397. The molecule has 2 N–H and O–H groups in total. The van der Waals surface area contributed by atoms with E-state index in [0.717, 1.165) is 44.7 Å². The fourth-order valence-corrected chi connectivity index (χ4v) is 3.72. The SMILES string of the molecule is CC(C)(N)c1cn(C2CCN(Cc3cncn3Cc3ccccc3)CC2)nn1.